The van der Waals surface area contributed by atoms with Crippen LogP contribution in [0.5, 0.6) is 5.75 Å². The van der Waals surface area contributed by atoms with E-state index in [9.17, 15) is 26.7 Å². The zero-order chi connectivity index (χ0) is 20.0. The predicted molar refractivity (Wildman–Crippen MR) is 84.5 cm³/mol. The maximum Gasteiger partial charge on any atom is 0.501 e. The van der Waals surface area contributed by atoms with Gasteiger partial charge in [0.1, 0.15) is 11.6 Å². The highest BCUT2D eigenvalue weighted by molar-refractivity contribution is 5.80. The van der Waals surface area contributed by atoms with Crippen molar-refractivity contribution < 1.29 is 36.6 Å². The maximum absolute atomic E-state index is 13.2. The number of aromatic amines is 1. The number of benzene rings is 2. The summed E-state index contributed by atoms with van der Waals surface area (Å²) in [5.41, 5.74) is 0.234. The van der Waals surface area contributed by atoms with Gasteiger partial charge in [-0.15, -0.1) is 0 Å². The van der Waals surface area contributed by atoms with Crippen LogP contribution in [0.15, 0.2) is 36.4 Å². The van der Waals surface area contributed by atoms with Gasteiger partial charge >= 0.3 is 18.3 Å². The van der Waals surface area contributed by atoms with Gasteiger partial charge in [0.05, 0.1) is 16.6 Å². The van der Waals surface area contributed by atoms with Crippen LogP contribution in [0.4, 0.5) is 22.0 Å². The van der Waals surface area contributed by atoms with Crippen molar-refractivity contribution in [2.45, 2.75) is 19.2 Å². The molecular formula is C17H11F5N2O3. The molecule has 0 aliphatic heterocycles. The fourth-order valence-electron chi connectivity index (χ4n) is 2.42. The Labute approximate surface area is 148 Å². The minimum Gasteiger partial charge on any atom is -0.474 e. The molecule has 1 heterocycles. The number of aliphatic carboxylic acids is 1. The first kappa shape index (κ1) is 18.6. The Hall–Kier alpha value is -3.17. The summed E-state index contributed by atoms with van der Waals surface area (Å²) in [7, 11) is 0. The molecule has 0 radical (unpaired) electrons. The number of aromatic nitrogens is 2. The third-order valence-electron chi connectivity index (χ3n) is 3.74. The van der Waals surface area contributed by atoms with Crippen LogP contribution >= 0.6 is 0 Å². The molecule has 2 aromatic carbocycles. The Bertz CT molecular complexity index is 1030. The quantitative estimate of drug-likeness (QED) is 0.642. The molecule has 0 fully saturated rings. The van der Waals surface area contributed by atoms with Crippen molar-refractivity contribution in [2.75, 3.05) is 0 Å². The average Bonchev–Trinajstić information content (AvgIpc) is 2.98. The summed E-state index contributed by atoms with van der Waals surface area (Å²) < 4.78 is 68.9. The van der Waals surface area contributed by atoms with Gasteiger partial charge in [-0.05, 0) is 48.9 Å². The smallest absolute Gasteiger partial charge is 0.474 e. The molecule has 142 valence electrons. The number of nitrogens with one attached hydrogen (secondary N) is 1. The topological polar surface area (TPSA) is 75.2 Å². The number of carboxylic acids is 1. The van der Waals surface area contributed by atoms with Gasteiger partial charge in [-0.1, -0.05) is 0 Å². The summed E-state index contributed by atoms with van der Waals surface area (Å²) >= 11 is 0. The molecule has 2 N–H and O–H groups in total. The molecule has 3 rings (SSSR count). The molecule has 0 saturated heterocycles. The third-order valence-corrected chi connectivity index (χ3v) is 3.74. The number of H-pyrrole nitrogens is 1. The minimum atomic E-state index is -4.50. The standard InChI is InChI=1S/C17H11F5N2O3/c1-8-6-9(2-5-13(8)27-17(21,22)15(25)26)14-23-11-4-3-10(16(18,19)20)7-12(11)24-14/h2-7H,1H3,(H,23,24)(H,25,26). The molecule has 10 heteroatoms. The molecule has 1 aromatic heterocycles. The molecule has 0 aliphatic carbocycles. The van der Waals surface area contributed by atoms with Gasteiger partial charge in [0.25, 0.3) is 0 Å². The van der Waals surface area contributed by atoms with E-state index in [0.29, 0.717) is 11.1 Å². The fourth-order valence-corrected chi connectivity index (χ4v) is 2.42. The van der Waals surface area contributed by atoms with E-state index in [0.717, 1.165) is 18.2 Å². The van der Waals surface area contributed by atoms with Crippen molar-refractivity contribution >= 4 is 17.0 Å². The lowest BCUT2D eigenvalue weighted by molar-refractivity contribution is -0.211. The number of hydrogen-bond donors (Lipinski definition) is 2. The van der Waals surface area contributed by atoms with Crippen LogP contribution in [-0.2, 0) is 11.0 Å². The zero-order valence-corrected chi connectivity index (χ0v) is 13.6. The number of aryl methyl sites for hydroxylation is 1. The Balaban J connectivity index is 1.95. The lowest BCUT2D eigenvalue weighted by Gasteiger charge is -2.15. The Morgan fingerprint density at radius 1 is 1.11 bits per heavy atom. The van der Waals surface area contributed by atoms with Gasteiger partial charge in [-0.3, -0.25) is 0 Å². The van der Waals surface area contributed by atoms with Crippen molar-refractivity contribution in [3.8, 4) is 17.1 Å². The highest BCUT2D eigenvalue weighted by atomic mass is 19.4. The van der Waals surface area contributed by atoms with Gasteiger partial charge in [0.15, 0.2) is 0 Å². The van der Waals surface area contributed by atoms with E-state index < -0.39 is 23.8 Å². The van der Waals surface area contributed by atoms with E-state index in [1.807, 2.05) is 0 Å². The number of nitrogens with zero attached hydrogens (tertiary/aromatic N) is 1. The summed E-state index contributed by atoms with van der Waals surface area (Å²) in [5.74, 6) is -2.55. The molecule has 0 unspecified atom stereocenters. The number of alkyl halides is 5. The number of rotatable bonds is 4. The molecule has 0 spiro atoms. The SMILES string of the molecule is Cc1cc(-c2nc3ccc(C(F)(F)F)cc3[nH]2)ccc1OC(F)(F)C(=O)O. The van der Waals surface area contributed by atoms with Crippen LogP contribution < -0.4 is 4.74 Å². The third kappa shape index (κ3) is 3.69. The van der Waals surface area contributed by atoms with Crippen LogP contribution in [0.25, 0.3) is 22.4 Å². The monoisotopic (exact) mass is 386 g/mol. The lowest BCUT2D eigenvalue weighted by Crippen LogP contribution is -2.35. The second-order valence-electron chi connectivity index (χ2n) is 5.72. The van der Waals surface area contributed by atoms with Gasteiger partial charge < -0.3 is 14.8 Å². The number of carboxylic acid groups (broad SMARTS) is 1. The summed E-state index contributed by atoms with van der Waals surface area (Å²) in [6.07, 6.45) is -8.88. The molecular weight excluding hydrogens is 375 g/mol. The number of ether oxygens (including phenoxy) is 1. The van der Waals surface area contributed by atoms with E-state index in [1.54, 1.807) is 0 Å². The van der Waals surface area contributed by atoms with Crippen LogP contribution in [0.3, 0.4) is 0 Å². The van der Waals surface area contributed by atoms with Crippen LogP contribution in [0.1, 0.15) is 11.1 Å². The highest BCUT2D eigenvalue weighted by Gasteiger charge is 2.42. The largest absolute Gasteiger partial charge is 0.501 e. The first-order valence-corrected chi connectivity index (χ1v) is 7.45. The van der Waals surface area contributed by atoms with Crippen molar-refractivity contribution in [1.82, 2.24) is 9.97 Å². The van der Waals surface area contributed by atoms with Gasteiger partial charge in [-0.25, -0.2) is 9.78 Å². The van der Waals surface area contributed by atoms with Crippen LogP contribution in [-0.4, -0.2) is 27.2 Å². The first-order chi connectivity index (χ1) is 12.5. The van der Waals surface area contributed by atoms with E-state index in [4.69, 9.17) is 5.11 Å². The Kier molecular flexibility index (Phi) is 4.29. The number of carbonyl (C=O) groups is 1. The highest BCUT2D eigenvalue weighted by Crippen LogP contribution is 2.33. The normalized spacial score (nSPS) is 12.4. The first-order valence-electron chi connectivity index (χ1n) is 7.45. The fraction of sp³-hybridized carbons (Fsp3) is 0.176. The summed E-state index contributed by atoms with van der Waals surface area (Å²) in [6, 6.07) is 6.91. The molecule has 0 bridgehead atoms. The van der Waals surface area contributed by atoms with Crippen molar-refractivity contribution in [2.24, 2.45) is 0 Å². The summed E-state index contributed by atoms with van der Waals surface area (Å²) in [6.45, 7) is 1.42. The molecule has 5 nitrogen and oxygen atoms in total. The number of imidazole rings is 1. The molecule has 0 saturated carbocycles. The van der Waals surface area contributed by atoms with E-state index in [2.05, 4.69) is 14.7 Å². The van der Waals surface area contributed by atoms with E-state index in [1.165, 1.54) is 25.1 Å². The molecule has 27 heavy (non-hydrogen) atoms. The molecule has 0 atom stereocenters. The second kappa shape index (κ2) is 6.22. The maximum atomic E-state index is 13.2. The summed E-state index contributed by atoms with van der Waals surface area (Å²) in [4.78, 5) is 17.4. The molecule has 0 amide bonds. The lowest BCUT2D eigenvalue weighted by atomic mass is 10.1. The van der Waals surface area contributed by atoms with Crippen LogP contribution in [0, 0.1) is 6.92 Å². The minimum absolute atomic E-state index is 0.162. The number of fused-ring (bicyclic) bond motifs is 1. The van der Waals surface area contributed by atoms with Gasteiger partial charge in [0, 0.05) is 5.56 Å². The molecule has 3 aromatic rings. The Morgan fingerprint density at radius 2 is 1.81 bits per heavy atom. The van der Waals surface area contributed by atoms with E-state index >= 15 is 0 Å². The zero-order valence-electron chi connectivity index (χ0n) is 13.6. The van der Waals surface area contributed by atoms with E-state index in [-0.39, 0.29) is 22.7 Å². The van der Waals surface area contributed by atoms with Crippen LogP contribution in [0.2, 0.25) is 0 Å². The second-order valence-corrected chi connectivity index (χ2v) is 5.72. The summed E-state index contributed by atoms with van der Waals surface area (Å²) in [5, 5.41) is 8.42. The average molecular weight is 386 g/mol. The molecule has 0 aliphatic rings. The predicted octanol–water partition coefficient (Wildman–Crippen LogP) is 4.61. The Morgan fingerprint density at radius 3 is 2.41 bits per heavy atom. The number of hydrogen-bond acceptors (Lipinski definition) is 3. The number of halogens is 5. The van der Waals surface area contributed by atoms with Gasteiger partial charge in [0.2, 0.25) is 0 Å². The van der Waals surface area contributed by atoms with Crippen molar-refractivity contribution in [1.29, 1.82) is 0 Å². The van der Waals surface area contributed by atoms with Gasteiger partial charge in [-0.2, -0.15) is 22.0 Å². The van der Waals surface area contributed by atoms with Crippen molar-refractivity contribution in [3.05, 3.63) is 47.5 Å². The van der Waals surface area contributed by atoms with Crippen molar-refractivity contribution in [3.63, 3.8) is 0 Å².